The number of nitriles is 1. The lowest BCUT2D eigenvalue weighted by Crippen LogP contribution is -2.09. The number of aliphatic hydroxyl groups is 1. The fourth-order valence-electron chi connectivity index (χ4n) is 3.13. The molecule has 1 aliphatic heterocycles. The quantitative estimate of drug-likeness (QED) is 0.258. The van der Waals surface area contributed by atoms with Crippen molar-refractivity contribution in [3.63, 3.8) is 0 Å². The minimum Gasteiger partial charge on any atom is -0.394 e. The summed E-state index contributed by atoms with van der Waals surface area (Å²) in [7, 11) is 0. The number of carbonyl (C=O) groups excluding carboxylic acids is 1. The third kappa shape index (κ3) is 6.13. The molecule has 1 N–H and O–H groups in total. The third-order valence-corrected chi connectivity index (χ3v) is 4.70. The summed E-state index contributed by atoms with van der Waals surface area (Å²) in [5.41, 5.74) is 2.22. The van der Waals surface area contributed by atoms with Crippen LogP contribution in [0.3, 0.4) is 0 Å². The molecule has 152 valence electrons. The van der Waals surface area contributed by atoms with Crippen LogP contribution in [-0.2, 0) is 14.3 Å². The molecule has 6 nitrogen and oxygen atoms in total. The highest BCUT2D eigenvalue weighted by molar-refractivity contribution is 6.04. The van der Waals surface area contributed by atoms with E-state index in [1.807, 2.05) is 24.3 Å². The molecule has 1 fully saturated rings. The van der Waals surface area contributed by atoms with Gasteiger partial charge in [-0.1, -0.05) is 24.3 Å². The predicted octanol–water partition coefficient (Wildman–Crippen LogP) is 2.94. The van der Waals surface area contributed by atoms with E-state index >= 15 is 0 Å². The Morgan fingerprint density at radius 3 is 2.66 bits per heavy atom. The minimum atomic E-state index is -0.174. The summed E-state index contributed by atoms with van der Waals surface area (Å²) in [4.78, 5) is 14.7. The molecule has 0 radical (unpaired) electrons. The number of rotatable bonds is 12. The SMILES string of the molecule is N#C/C(=C\c1ccc2cccc(N3CC3)c2c1)C(=O)CCCOCCOCCO. The van der Waals surface area contributed by atoms with Gasteiger partial charge in [0, 0.05) is 37.2 Å². The number of fused-ring (bicyclic) bond motifs is 1. The van der Waals surface area contributed by atoms with Crippen molar-refractivity contribution in [2.45, 2.75) is 12.8 Å². The Bertz CT molecular complexity index is 913. The second kappa shape index (κ2) is 10.7. The Morgan fingerprint density at radius 1 is 1.14 bits per heavy atom. The van der Waals surface area contributed by atoms with Crippen LogP contribution >= 0.6 is 0 Å². The molecule has 3 rings (SSSR count). The van der Waals surface area contributed by atoms with Crippen molar-refractivity contribution in [1.29, 1.82) is 5.26 Å². The average molecular weight is 394 g/mol. The zero-order chi connectivity index (χ0) is 20.5. The number of benzene rings is 2. The molecule has 0 unspecified atom stereocenters. The first-order chi connectivity index (χ1) is 14.2. The molecule has 1 heterocycles. The minimum absolute atomic E-state index is 0.00541. The van der Waals surface area contributed by atoms with E-state index in [4.69, 9.17) is 14.6 Å². The number of anilines is 1. The third-order valence-electron chi connectivity index (χ3n) is 4.70. The van der Waals surface area contributed by atoms with Gasteiger partial charge in [0.2, 0.25) is 0 Å². The number of hydrogen-bond acceptors (Lipinski definition) is 6. The summed E-state index contributed by atoms with van der Waals surface area (Å²) >= 11 is 0. The van der Waals surface area contributed by atoms with Gasteiger partial charge in [0.15, 0.2) is 5.78 Å². The van der Waals surface area contributed by atoms with Crippen molar-refractivity contribution in [2.24, 2.45) is 0 Å². The first-order valence-electron chi connectivity index (χ1n) is 9.92. The summed E-state index contributed by atoms with van der Waals surface area (Å²) < 4.78 is 10.5. The van der Waals surface area contributed by atoms with Gasteiger partial charge in [-0.25, -0.2) is 0 Å². The predicted molar refractivity (Wildman–Crippen MR) is 113 cm³/mol. The molecule has 0 aromatic heterocycles. The first kappa shape index (κ1) is 21.0. The highest BCUT2D eigenvalue weighted by atomic mass is 16.5. The standard InChI is InChI=1S/C23H26N2O4/c24-17-20(23(27)5-2-11-28-13-14-29-12-10-26)15-18-6-7-19-3-1-4-22(21(19)16-18)25-8-9-25/h1,3-4,6-7,15-16,26H,2,5,8-14H2/b20-15+. The van der Waals surface area contributed by atoms with E-state index in [1.54, 1.807) is 6.08 Å². The largest absolute Gasteiger partial charge is 0.394 e. The van der Waals surface area contributed by atoms with E-state index in [-0.39, 0.29) is 24.4 Å². The molecule has 0 saturated carbocycles. The van der Waals surface area contributed by atoms with Gasteiger partial charge < -0.3 is 19.5 Å². The number of ketones is 1. The summed E-state index contributed by atoms with van der Waals surface area (Å²) in [6, 6.07) is 14.3. The van der Waals surface area contributed by atoms with Gasteiger partial charge in [-0.2, -0.15) is 5.26 Å². The van der Waals surface area contributed by atoms with Crippen LogP contribution in [-0.4, -0.2) is 57.0 Å². The van der Waals surface area contributed by atoms with Gasteiger partial charge in [0.05, 0.1) is 32.0 Å². The molecular formula is C23H26N2O4. The van der Waals surface area contributed by atoms with Crippen LogP contribution in [0.2, 0.25) is 0 Å². The fourth-order valence-corrected chi connectivity index (χ4v) is 3.13. The molecule has 0 spiro atoms. The maximum atomic E-state index is 12.4. The summed E-state index contributed by atoms with van der Waals surface area (Å²) in [6.45, 7) is 3.70. The molecule has 0 atom stereocenters. The van der Waals surface area contributed by atoms with Crippen LogP contribution in [0.15, 0.2) is 42.0 Å². The van der Waals surface area contributed by atoms with Crippen molar-refractivity contribution in [3.05, 3.63) is 47.5 Å². The van der Waals surface area contributed by atoms with Gasteiger partial charge in [-0.05, 0) is 35.6 Å². The molecule has 2 aromatic rings. The van der Waals surface area contributed by atoms with Gasteiger partial charge in [-0.3, -0.25) is 4.79 Å². The Hall–Kier alpha value is -2.72. The topological polar surface area (TPSA) is 82.6 Å². The lowest BCUT2D eigenvalue weighted by molar-refractivity contribution is -0.115. The molecular weight excluding hydrogens is 368 g/mol. The van der Waals surface area contributed by atoms with Gasteiger partial charge in [-0.15, -0.1) is 0 Å². The maximum Gasteiger partial charge on any atom is 0.173 e. The van der Waals surface area contributed by atoms with Crippen molar-refractivity contribution >= 4 is 28.3 Å². The fraction of sp³-hybridized carbons (Fsp3) is 0.391. The lowest BCUT2D eigenvalue weighted by Gasteiger charge is -2.09. The van der Waals surface area contributed by atoms with Crippen molar-refractivity contribution in [1.82, 2.24) is 0 Å². The van der Waals surface area contributed by atoms with Crippen molar-refractivity contribution in [3.8, 4) is 6.07 Å². The normalized spacial score (nSPS) is 13.5. The van der Waals surface area contributed by atoms with E-state index in [0.29, 0.717) is 32.8 Å². The summed E-state index contributed by atoms with van der Waals surface area (Å²) in [5, 5.41) is 20.3. The zero-order valence-electron chi connectivity index (χ0n) is 16.5. The van der Waals surface area contributed by atoms with E-state index in [1.165, 1.54) is 5.69 Å². The molecule has 6 heteroatoms. The Balaban J connectivity index is 1.57. The monoisotopic (exact) mass is 394 g/mol. The number of Topliss-reactive ketones (excluding diaryl/α,β-unsaturated/α-hetero) is 1. The van der Waals surface area contributed by atoms with Crippen LogP contribution in [0.1, 0.15) is 18.4 Å². The van der Waals surface area contributed by atoms with Crippen LogP contribution in [0.25, 0.3) is 16.8 Å². The van der Waals surface area contributed by atoms with E-state index in [0.717, 1.165) is 29.4 Å². The summed E-state index contributed by atoms with van der Waals surface area (Å²) in [5.74, 6) is -0.174. The number of nitrogens with zero attached hydrogens (tertiary/aromatic N) is 2. The molecule has 0 aliphatic carbocycles. The highest BCUT2D eigenvalue weighted by Gasteiger charge is 2.19. The number of aliphatic hydroxyl groups excluding tert-OH is 1. The maximum absolute atomic E-state index is 12.4. The number of allylic oxidation sites excluding steroid dienone is 1. The Kier molecular flexibility index (Phi) is 7.77. The van der Waals surface area contributed by atoms with Crippen LogP contribution in [0.5, 0.6) is 0 Å². The summed E-state index contributed by atoms with van der Waals surface area (Å²) in [6.07, 6.45) is 2.49. The zero-order valence-corrected chi connectivity index (χ0v) is 16.5. The van der Waals surface area contributed by atoms with Crippen LogP contribution in [0.4, 0.5) is 5.69 Å². The van der Waals surface area contributed by atoms with Crippen LogP contribution in [0, 0.1) is 11.3 Å². The molecule has 0 bridgehead atoms. The lowest BCUT2D eigenvalue weighted by atomic mass is 10.0. The second-order valence-electron chi connectivity index (χ2n) is 6.89. The van der Waals surface area contributed by atoms with Crippen molar-refractivity contribution in [2.75, 3.05) is 51.0 Å². The number of hydrogen-bond donors (Lipinski definition) is 1. The first-order valence-corrected chi connectivity index (χ1v) is 9.92. The van der Waals surface area contributed by atoms with E-state index < -0.39 is 0 Å². The van der Waals surface area contributed by atoms with Gasteiger partial charge >= 0.3 is 0 Å². The Morgan fingerprint density at radius 2 is 1.93 bits per heavy atom. The molecule has 29 heavy (non-hydrogen) atoms. The Labute approximate surface area is 170 Å². The molecule has 1 aliphatic rings. The van der Waals surface area contributed by atoms with Crippen LogP contribution < -0.4 is 4.90 Å². The second-order valence-corrected chi connectivity index (χ2v) is 6.89. The molecule has 1 saturated heterocycles. The van der Waals surface area contributed by atoms with E-state index in [2.05, 4.69) is 23.1 Å². The number of carbonyl (C=O) groups is 1. The van der Waals surface area contributed by atoms with Crippen molar-refractivity contribution < 1.29 is 19.4 Å². The number of ether oxygens (including phenoxy) is 2. The molecule has 0 amide bonds. The van der Waals surface area contributed by atoms with Gasteiger partial charge in [0.1, 0.15) is 6.07 Å². The highest BCUT2D eigenvalue weighted by Crippen LogP contribution is 2.31. The van der Waals surface area contributed by atoms with Gasteiger partial charge in [0.25, 0.3) is 0 Å². The smallest absolute Gasteiger partial charge is 0.173 e. The average Bonchev–Trinajstić information content (AvgIpc) is 3.58. The molecule has 2 aromatic carbocycles. The van der Waals surface area contributed by atoms with E-state index in [9.17, 15) is 10.1 Å².